The molecular weight excluding hydrogens is 256 g/mol. The number of hydrogen-bond donors (Lipinski definition) is 2. The molecule has 0 aliphatic heterocycles. The minimum Gasteiger partial charge on any atom is -0.504 e. The molecule has 2 rings (SSSR count). The van der Waals surface area contributed by atoms with Crippen LogP contribution in [0, 0.1) is 0 Å². The highest BCUT2D eigenvalue weighted by molar-refractivity contribution is 5.43. The van der Waals surface area contributed by atoms with Gasteiger partial charge in [0.15, 0.2) is 23.0 Å². The molecule has 0 heterocycles. The van der Waals surface area contributed by atoms with Gasteiger partial charge in [0.1, 0.15) is 0 Å². The van der Waals surface area contributed by atoms with Gasteiger partial charge in [-0.25, -0.2) is 0 Å². The van der Waals surface area contributed by atoms with Gasteiger partial charge in [-0.1, -0.05) is 12.1 Å². The van der Waals surface area contributed by atoms with E-state index in [1.165, 1.54) is 14.2 Å². The molecule has 4 heteroatoms. The molecular formula is C16H18O4. The zero-order valence-corrected chi connectivity index (χ0v) is 11.6. The van der Waals surface area contributed by atoms with E-state index < -0.39 is 0 Å². The Balaban J connectivity index is 2.07. The molecule has 0 saturated heterocycles. The fraction of sp³-hybridized carbons (Fsp3) is 0.250. The van der Waals surface area contributed by atoms with Crippen LogP contribution in [0.1, 0.15) is 11.1 Å². The summed E-state index contributed by atoms with van der Waals surface area (Å²) in [6.07, 6.45) is 1.58. The largest absolute Gasteiger partial charge is 0.504 e. The second kappa shape index (κ2) is 6.19. The van der Waals surface area contributed by atoms with Crippen molar-refractivity contribution in [3.63, 3.8) is 0 Å². The summed E-state index contributed by atoms with van der Waals surface area (Å²) in [5.41, 5.74) is 2.09. The van der Waals surface area contributed by atoms with Crippen LogP contribution < -0.4 is 9.47 Å². The molecule has 0 saturated carbocycles. The highest BCUT2D eigenvalue weighted by Crippen LogP contribution is 2.28. The summed E-state index contributed by atoms with van der Waals surface area (Å²) in [6.45, 7) is 0. The molecule has 20 heavy (non-hydrogen) atoms. The van der Waals surface area contributed by atoms with Gasteiger partial charge in [0.25, 0.3) is 0 Å². The minimum absolute atomic E-state index is 0.137. The lowest BCUT2D eigenvalue weighted by molar-refractivity contribution is 0.372. The third-order valence-corrected chi connectivity index (χ3v) is 3.19. The zero-order valence-electron chi connectivity index (χ0n) is 11.6. The number of phenolic OH excluding ortho intramolecular Hbond substituents is 2. The van der Waals surface area contributed by atoms with Gasteiger partial charge in [0.2, 0.25) is 0 Å². The van der Waals surface area contributed by atoms with E-state index in [1.807, 2.05) is 18.2 Å². The summed E-state index contributed by atoms with van der Waals surface area (Å²) in [6, 6.07) is 10.7. The predicted octanol–water partition coefficient (Wildman–Crippen LogP) is 2.90. The highest BCUT2D eigenvalue weighted by atomic mass is 16.5. The van der Waals surface area contributed by atoms with Crippen LogP contribution in [0.25, 0.3) is 0 Å². The molecule has 2 aromatic rings. The number of ether oxygens (including phenoxy) is 2. The SMILES string of the molecule is COc1ccc(CCc2ccc(O)c(OC)c2)cc1O. The summed E-state index contributed by atoms with van der Waals surface area (Å²) >= 11 is 0. The van der Waals surface area contributed by atoms with Gasteiger partial charge in [-0.15, -0.1) is 0 Å². The summed E-state index contributed by atoms with van der Waals surface area (Å²) in [5.74, 6) is 1.23. The van der Waals surface area contributed by atoms with Gasteiger partial charge in [-0.05, 0) is 48.2 Å². The molecule has 0 bridgehead atoms. The fourth-order valence-corrected chi connectivity index (χ4v) is 2.06. The van der Waals surface area contributed by atoms with Gasteiger partial charge in [-0.3, -0.25) is 0 Å². The Bertz CT molecular complexity index is 593. The second-order valence-electron chi connectivity index (χ2n) is 4.51. The second-order valence-corrected chi connectivity index (χ2v) is 4.51. The lowest BCUT2D eigenvalue weighted by atomic mass is 10.0. The molecule has 0 spiro atoms. The topological polar surface area (TPSA) is 58.9 Å². The van der Waals surface area contributed by atoms with Gasteiger partial charge >= 0.3 is 0 Å². The van der Waals surface area contributed by atoms with Crippen LogP contribution >= 0.6 is 0 Å². The Labute approximate surface area is 118 Å². The van der Waals surface area contributed by atoms with Crippen LogP contribution in [0.5, 0.6) is 23.0 Å². The fourth-order valence-electron chi connectivity index (χ4n) is 2.06. The van der Waals surface area contributed by atoms with E-state index in [0.29, 0.717) is 11.5 Å². The van der Waals surface area contributed by atoms with Crippen molar-refractivity contribution in [3.05, 3.63) is 47.5 Å². The molecule has 106 valence electrons. The van der Waals surface area contributed by atoms with Gasteiger partial charge in [-0.2, -0.15) is 0 Å². The number of hydrogen-bond acceptors (Lipinski definition) is 4. The minimum atomic E-state index is 0.137. The number of aryl methyl sites for hydroxylation is 2. The Kier molecular flexibility index (Phi) is 4.35. The van der Waals surface area contributed by atoms with E-state index in [4.69, 9.17) is 9.47 Å². The van der Waals surface area contributed by atoms with Crippen molar-refractivity contribution in [2.45, 2.75) is 12.8 Å². The molecule has 0 amide bonds. The van der Waals surface area contributed by atoms with E-state index in [9.17, 15) is 10.2 Å². The van der Waals surface area contributed by atoms with E-state index in [1.54, 1.807) is 18.2 Å². The maximum absolute atomic E-state index is 9.73. The first-order valence-corrected chi connectivity index (χ1v) is 6.36. The van der Waals surface area contributed by atoms with Crippen molar-refractivity contribution >= 4 is 0 Å². The van der Waals surface area contributed by atoms with Crippen molar-refractivity contribution in [1.82, 2.24) is 0 Å². The van der Waals surface area contributed by atoms with Crippen LogP contribution in [0.2, 0.25) is 0 Å². The molecule has 0 aliphatic rings. The normalized spacial score (nSPS) is 10.3. The number of rotatable bonds is 5. The third-order valence-electron chi connectivity index (χ3n) is 3.19. The maximum Gasteiger partial charge on any atom is 0.160 e. The molecule has 0 atom stereocenters. The lowest BCUT2D eigenvalue weighted by Crippen LogP contribution is -1.93. The first-order chi connectivity index (χ1) is 9.63. The van der Waals surface area contributed by atoms with E-state index >= 15 is 0 Å². The molecule has 0 unspecified atom stereocenters. The average molecular weight is 274 g/mol. The lowest BCUT2D eigenvalue weighted by Gasteiger charge is -2.08. The van der Waals surface area contributed by atoms with Crippen LogP contribution in [0.15, 0.2) is 36.4 Å². The Morgan fingerprint density at radius 1 is 0.750 bits per heavy atom. The zero-order chi connectivity index (χ0) is 14.5. The summed E-state index contributed by atoms with van der Waals surface area (Å²) in [5, 5.41) is 19.3. The summed E-state index contributed by atoms with van der Waals surface area (Å²) < 4.78 is 10.1. The standard InChI is InChI=1S/C16H18O4/c1-19-15-8-6-11(9-14(15)18)3-4-12-5-7-13(17)16(10-12)20-2/h5-10,17-18H,3-4H2,1-2H3. The van der Waals surface area contributed by atoms with Gasteiger partial charge in [0, 0.05) is 0 Å². The van der Waals surface area contributed by atoms with Crippen LogP contribution in [-0.4, -0.2) is 24.4 Å². The van der Waals surface area contributed by atoms with Crippen molar-refractivity contribution in [2.75, 3.05) is 14.2 Å². The maximum atomic E-state index is 9.73. The average Bonchev–Trinajstić information content (AvgIpc) is 2.46. The van der Waals surface area contributed by atoms with Crippen molar-refractivity contribution in [1.29, 1.82) is 0 Å². The van der Waals surface area contributed by atoms with Gasteiger partial charge < -0.3 is 19.7 Å². The first-order valence-electron chi connectivity index (χ1n) is 6.36. The molecule has 4 nitrogen and oxygen atoms in total. The number of methoxy groups -OCH3 is 2. The van der Waals surface area contributed by atoms with Crippen molar-refractivity contribution < 1.29 is 19.7 Å². The van der Waals surface area contributed by atoms with Crippen LogP contribution in [0.4, 0.5) is 0 Å². The van der Waals surface area contributed by atoms with E-state index in [-0.39, 0.29) is 11.5 Å². The predicted molar refractivity (Wildman–Crippen MR) is 76.7 cm³/mol. The van der Waals surface area contributed by atoms with Gasteiger partial charge in [0.05, 0.1) is 14.2 Å². The monoisotopic (exact) mass is 274 g/mol. The summed E-state index contributed by atoms with van der Waals surface area (Å²) in [4.78, 5) is 0. The quantitative estimate of drug-likeness (QED) is 0.880. The van der Waals surface area contributed by atoms with E-state index in [0.717, 1.165) is 24.0 Å². The van der Waals surface area contributed by atoms with E-state index in [2.05, 4.69) is 0 Å². The molecule has 0 fully saturated rings. The Morgan fingerprint density at radius 2 is 1.35 bits per heavy atom. The smallest absolute Gasteiger partial charge is 0.160 e. The molecule has 2 N–H and O–H groups in total. The Morgan fingerprint density at radius 3 is 1.95 bits per heavy atom. The number of benzene rings is 2. The van der Waals surface area contributed by atoms with Crippen LogP contribution in [-0.2, 0) is 12.8 Å². The first kappa shape index (κ1) is 14.1. The molecule has 0 aromatic heterocycles. The molecule has 2 aromatic carbocycles. The van der Waals surface area contributed by atoms with Crippen molar-refractivity contribution in [2.24, 2.45) is 0 Å². The van der Waals surface area contributed by atoms with Crippen LogP contribution in [0.3, 0.4) is 0 Å². The highest BCUT2D eigenvalue weighted by Gasteiger charge is 2.05. The molecule has 0 aliphatic carbocycles. The van der Waals surface area contributed by atoms with Crippen molar-refractivity contribution in [3.8, 4) is 23.0 Å². The third kappa shape index (κ3) is 3.15. The summed E-state index contributed by atoms with van der Waals surface area (Å²) in [7, 11) is 3.05. The number of phenols is 2. The molecule has 0 radical (unpaired) electrons. The number of aromatic hydroxyl groups is 2. The Hall–Kier alpha value is -2.36.